The Balaban J connectivity index is 1.67. The van der Waals surface area contributed by atoms with Crippen molar-refractivity contribution in [1.82, 2.24) is 15.1 Å². The summed E-state index contributed by atoms with van der Waals surface area (Å²) in [7, 11) is 0. The van der Waals surface area contributed by atoms with Crippen molar-refractivity contribution in [2.75, 3.05) is 39.3 Å². The Kier molecular flexibility index (Phi) is 5.62. The standard InChI is InChI=1S/C16H23N3O/c1-2-10-18-11-13-19(14-12-18)16(20)17-9-8-15-6-4-3-5-7-15/h2-7H,1,8-14H2,(H,17,20). The minimum Gasteiger partial charge on any atom is -0.338 e. The van der Waals surface area contributed by atoms with E-state index >= 15 is 0 Å². The number of hydrogen-bond donors (Lipinski definition) is 1. The van der Waals surface area contributed by atoms with Gasteiger partial charge in [0.05, 0.1) is 0 Å². The minimum atomic E-state index is 0.0548. The molecule has 1 N–H and O–H groups in total. The van der Waals surface area contributed by atoms with E-state index in [1.54, 1.807) is 0 Å². The van der Waals surface area contributed by atoms with E-state index in [2.05, 4.69) is 28.9 Å². The van der Waals surface area contributed by atoms with Gasteiger partial charge < -0.3 is 10.2 Å². The summed E-state index contributed by atoms with van der Waals surface area (Å²) in [4.78, 5) is 16.2. The van der Waals surface area contributed by atoms with Gasteiger partial charge in [-0.3, -0.25) is 4.90 Å². The number of amides is 2. The van der Waals surface area contributed by atoms with Crippen molar-refractivity contribution in [1.29, 1.82) is 0 Å². The van der Waals surface area contributed by atoms with Crippen LogP contribution in [0, 0.1) is 0 Å². The molecular weight excluding hydrogens is 250 g/mol. The summed E-state index contributed by atoms with van der Waals surface area (Å²) in [6, 6.07) is 10.3. The van der Waals surface area contributed by atoms with Crippen molar-refractivity contribution < 1.29 is 4.79 Å². The topological polar surface area (TPSA) is 35.6 Å². The summed E-state index contributed by atoms with van der Waals surface area (Å²) in [5.41, 5.74) is 1.25. The van der Waals surface area contributed by atoms with E-state index in [1.165, 1.54) is 5.56 Å². The van der Waals surface area contributed by atoms with Crippen molar-refractivity contribution in [2.24, 2.45) is 0 Å². The summed E-state index contributed by atoms with van der Waals surface area (Å²) in [6.07, 6.45) is 2.79. The van der Waals surface area contributed by atoms with E-state index in [1.807, 2.05) is 29.2 Å². The molecule has 0 spiro atoms. The van der Waals surface area contributed by atoms with Crippen LogP contribution in [0.3, 0.4) is 0 Å². The highest BCUT2D eigenvalue weighted by Crippen LogP contribution is 2.02. The number of nitrogens with one attached hydrogen (secondary N) is 1. The van der Waals surface area contributed by atoms with Crippen molar-refractivity contribution in [3.8, 4) is 0 Å². The Morgan fingerprint density at radius 2 is 1.90 bits per heavy atom. The normalized spacial score (nSPS) is 15.9. The average molecular weight is 273 g/mol. The Morgan fingerprint density at radius 3 is 2.55 bits per heavy atom. The van der Waals surface area contributed by atoms with Gasteiger partial charge in [0.25, 0.3) is 0 Å². The van der Waals surface area contributed by atoms with E-state index < -0.39 is 0 Å². The first-order valence-corrected chi connectivity index (χ1v) is 7.19. The maximum Gasteiger partial charge on any atom is 0.317 e. The van der Waals surface area contributed by atoms with Gasteiger partial charge in [0.2, 0.25) is 0 Å². The lowest BCUT2D eigenvalue weighted by Crippen LogP contribution is -2.51. The molecule has 1 aliphatic heterocycles. The molecule has 1 aromatic rings. The maximum atomic E-state index is 12.0. The molecule has 0 aromatic heterocycles. The molecule has 4 heteroatoms. The third kappa shape index (κ3) is 4.38. The van der Waals surface area contributed by atoms with Crippen molar-refractivity contribution in [3.63, 3.8) is 0 Å². The smallest absolute Gasteiger partial charge is 0.317 e. The van der Waals surface area contributed by atoms with Gasteiger partial charge in [-0.15, -0.1) is 6.58 Å². The highest BCUT2D eigenvalue weighted by atomic mass is 16.2. The van der Waals surface area contributed by atoms with E-state index in [9.17, 15) is 4.79 Å². The summed E-state index contributed by atoms with van der Waals surface area (Å²) in [6.45, 7) is 8.79. The molecule has 1 saturated heterocycles. The van der Waals surface area contributed by atoms with E-state index in [-0.39, 0.29) is 6.03 Å². The SMILES string of the molecule is C=CCN1CCN(C(=O)NCCc2ccccc2)CC1. The third-order valence-electron chi connectivity index (χ3n) is 3.58. The summed E-state index contributed by atoms with van der Waals surface area (Å²) in [5.74, 6) is 0. The molecular formula is C16H23N3O. The van der Waals surface area contributed by atoms with Gasteiger partial charge in [-0.05, 0) is 12.0 Å². The number of carbonyl (C=O) groups is 1. The van der Waals surface area contributed by atoms with Crippen LogP contribution in [0.1, 0.15) is 5.56 Å². The zero-order valence-electron chi connectivity index (χ0n) is 11.9. The molecule has 0 saturated carbocycles. The van der Waals surface area contributed by atoms with Crippen molar-refractivity contribution >= 4 is 6.03 Å². The van der Waals surface area contributed by atoms with Gasteiger partial charge in [0.1, 0.15) is 0 Å². The Morgan fingerprint density at radius 1 is 1.20 bits per heavy atom. The number of urea groups is 1. The molecule has 0 unspecified atom stereocenters. The van der Waals surface area contributed by atoms with Crippen LogP contribution in [0.15, 0.2) is 43.0 Å². The van der Waals surface area contributed by atoms with Gasteiger partial charge >= 0.3 is 6.03 Å². The van der Waals surface area contributed by atoms with Crippen LogP contribution in [0.5, 0.6) is 0 Å². The molecule has 4 nitrogen and oxygen atoms in total. The zero-order valence-corrected chi connectivity index (χ0v) is 11.9. The molecule has 20 heavy (non-hydrogen) atoms. The number of piperazine rings is 1. The zero-order chi connectivity index (χ0) is 14.2. The molecule has 108 valence electrons. The number of rotatable bonds is 5. The molecule has 1 fully saturated rings. The van der Waals surface area contributed by atoms with Crippen LogP contribution in [0.25, 0.3) is 0 Å². The first-order chi connectivity index (χ1) is 9.79. The summed E-state index contributed by atoms with van der Waals surface area (Å²) < 4.78 is 0. The monoisotopic (exact) mass is 273 g/mol. The number of nitrogens with zero attached hydrogens (tertiary/aromatic N) is 2. The van der Waals surface area contributed by atoms with Crippen LogP contribution < -0.4 is 5.32 Å². The van der Waals surface area contributed by atoms with Crippen LogP contribution >= 0.6 is 0 Å². The minimum absolute atomic E-state index is 0.0548. The summed E-state index contributed by atoms with van der Waals surface area (Å²) >= 11 is 0. The fourth-order valence-electron chi connectivity index (χ4n) is 2.39. The van der Waals surface area contributed by atoms with Gasteiger partial charge in [-0.25, -0.2) is 4.79 Å². The highest BCUT2D eigenvalue weighted by Gasteiger charge is 2.19. The first-order valence-electron chi connectivity index (χ1n) is 7.19. The summed E-state index contributed by atoms with van der Waals surface area (Å²) in [5, 5.41) is 3.00. The number of hydrogen-bond acceptors (Lipinski definition) is 2. The fraction of sp³-hybridized carbons (Fsp3) is 0.438. The predicted octanol–water partition coefficient (Wildman–Crippen LogP) is 1.74. The van der Waals surface area contributed by atoms with Crippen molar-refractivity contribution in [2.45, 2.75) is 6.42 Å². The van der Waals surface area contributed by atoms with E-state index in [0.29, 0.717) is 6.54 Å². The lowest BCUT2D eigenvalue weighted by Gasteiger charge is -2.34. The predicted molar refractivity (Wildman–Crippen MR) is 81.8 cm³/mol. The third-order valence-corrected chi connectivity index (χ3v) is 3.58. The van der Waals surface area contributed by atoms with Crippen LogP contribution in [0.4, 0.5) is 4.79 Å². The average Bonchev–Trinajstić information content (AvgIpc) is 2.49. The lowest BCUT2D eigenvalue weighted by atomic mass is 10.1. The molecule has 1 heterocycles. The molecule has 2 amide bonds. The fourth-order valence-corrected chi connectivity index (χ4v) is 2.39. The molecule has 1 aliphatic rings. The second kappa shape index (κ2) is 7.70. The van der Waals surface area contributed by atoms with Crippen molar-refractivity contribution in [3.05, 3.63) is 48.6 Å². The molecule has 0 bridgehead atoms. The number of carbonyl (C=O) groups excluding carboxylic acids is 1. The van der Waals surface area contributed by atoms with Gasteiger partial charge in [-0.1, -0.05) is 36.4 Å². The van der Waals surface area contributed by atoms with E-state index in [4.69, 9.17) is 0 Å². The molecule has 0 aliphatic carbocycles. The largest absolute Gasteiger partial charge is 0.338 e. The van der Waals surface area contributed by atoms with Gasteiger partial charge in [0, 0.05) is 39.3 Å². The Bertz CT molecular complexity index is 425. The highest BCUT2D eigenvalue weighted by molar-refractivity contribution is 5.74. The second-order valence-corrected chi connectivity index (χ2v) is 5.04. The van der Waals surface area contributed by atoms with Crippen LogP contribution in [0.2, 0.25) is 0 Å². The van der Waals surface area contributed by atoms with Crippen LogP contribution in [-0.2, 0) is 6.42 Å². The quantitative estimate of drug-likeness (QED) is 0.830. The second-order valence-electron chi connectivity index (χ2n) is 5.04. The Hall–Kier alpha value is -1.81. The van der Waals surface area contributed by atoms with E-state index in [0.717, 1.165) is 39.1 Å². The molecule has 0 atom stereocenters. The maximum absolute atomic E-state index is 12.0. The lowest BCUT2D eigenvalue weighted by molar-refractivity contribution is 0.147. The number of benzene rings is 1. The Labute approximate surface area is 121 Å². The van der Waals surface area contributed by atoms with Gasteiger partial charge in [-0.2, -0.15) is 0 Å². The molecule has 0 radical (unpaired) electrons. The van der Waals surface area contributed by atoms with Gasteiger partial charge in [0.15, 0.2) is 0 Å². The molecule has 2 rings (SSSR count). The van der Waals surface area contributed by atoms with Crippen LogP contribution in [-0.4, -0.2) is 55.1 Å². The first kappa shape index (κ1) is 14.6. The molecule has 1 aromatic carbocycles.